The maximum Gasteiger partial charge on any atom is 0.305 e. The molecular weight excluding hydrogens is 218 g/mol. The number of aromatic nitrogens is 2. The van der Waals surface area contributed by atoms with E-state index >= 15 is 0 Å². The highest BCUT2D eigenvalue weighted by Gasteiger charge is 2.17. The van der Waals surface area contributed by atoms with E-state index in [-0.39, 0.29) is 6.42 Å². The summed E-state index contributed by atoms with van der Waals surface area (Å²) in [5.41, 5.74) is 8.28. The molecule has 0 fully saturated rings. The van der Waals surface area contributed by atoms with Crippen molar-refractivity contribution in [3.05, 3.63) is 42.1 Å². The minimum Gasteiger partial charge on any atom is -0.481 e. The summed E-state index contributed by atoms with van der Waals surface area (Å²) in [4.78, 5) is 10.6. The van der Waals surface area contributed by atoms with Crippen molar-refractivity contribution in [2.24, 2.45) is 5.73 Å². The number of aromatic amines is 1. The lowest BCUT2D eigenvalue weighted by Gasteiger charge is -2.09. The zero-order chi connectivity index (χ0) is 12.3. The molecule has 0 radical (unpaired) electrons. The van der Waals surface area contributed by atoms with Crippen molar-refractivity contribution in [3.63, 3.8) is 0 Å². The van der Waals surface area contributed by atoms with Gasteiger partial charge < -0.3 is 10.8 Å². The molecule has 17 heavy (non-hydrogen) atoms. The average Bonchev–Trinajstić information content (AvgIpc) is 2.78. The summed E-state index contributed by atoms with van der Waals surface area (Å²) in [5.74, 6) is -0.919. The maximum absolute atomic E-state index is 10.6. The highest BCUT2D eigenvalue weighted by atomic mass is 16.4. The van der Waals surface area contributed by atoms with Crippen LogP contribution in [-0.4, -0.2) is 21.3 Å². The summed E-state index contributed by atoms with van der Waals surface area (Å²) >= 11 is 0. The quantitative estimate of drug-likeness (QED) is 0.744. The van der Waals surface area contributed by atoms with Crippen LogP contribution in [0.1, 0.15) is 18.0 Å². The van der Waals surface area contributed by atoms with E-state index in [4.69, 9.17) is 10.8 Å². The Morgan fingerprint density at radius 2 is 2.12 bits per heavy atom. The summed E-state index contributed by atoms with van der Waals surface area (Å²) in [6.45, 7) is 0. The highest BCUT2D eigenvalue weighted by Crippen LogP contribution is 2.26. The van der Waals surface area contributed by atoms with E-state index in [0.717, 1.165) is 16.8 Å². The van der Waals surface area contributed by atoms with Crippen molar-refractivity contribution in [1.29, 1.82) is 0 Å². The van der Waals surface area contributed by atoms with Gasteiger partial charge in [-0.3, -0.25) is 9.89 Å². The Balaban J connectivity index is 2.32. The molecule has 0 saturated heterocycles. The van der Waals surface area contributed by atoms with Crippen LogP contribution in [0.2, 0.25) is 0 Å². The number of aliphatic carboxylic acids is 1. The summed E-state index contributed by atoms with van der Waals surface area (Å²) < 4.78 is 0. The van der Waals surface area contributed by atoms with E-state index in [1.165, 1.54) is 0 Å². The van der Waals surface area contributed by atoms with Gasteiger partial charge in [-0.05, 0) is 5.56 Å². The molecular formula is C12H13N3O2. The molecule has 1 aromatic carbocycles. The molecule has 5 nitrogen and oxygen atoms in total. The number of nitrogens with zero attached hydrogens (tertiary/aromatic N) is 1. The first-order valence-electron chi connectivity index (χ1n) is 5.24. The van der Waals surface area contributed by atoms with Gasteiger partial charge in [0.15, 0.2) is 0 Å². The second-order valence-electron chi connectivity index (χ2n) is 3.77. The Hall–Kier alpha value is -2.14. The number of carbonyl (C=O) groups is 1. The first kappa shape index (κ1) is 11.3. The fraction of sp³-hybridized carbons (Fsp3) is 0.167. The van der Waals surface area contributed by atoms with Gasteiger partial charge in [0, 0.05) is 11.6 Å². The lowest BCUT2D eigenvalue weighted by molar-refractivity contribution is -0.137. The van der Waals surface area contributed by atoms with Gasteiger partial charge in [-0.25, -0.2) is 0 Å². The van der Waals surface area contributed by atoms with Crippen LogP contribution in [0, 0.1) is 0 Å². The van der Waals surface area contributed by atoms with Crippen LogP contribution < -0.4 is 5.73 Å². The molecule has 0 bridgehead atoms. The van der Waals surface area contributed by atoms with E-state index in [0.29, 0.717) is 0 Å². The second kappa shape index (κ2) is 4.80. The molecule has 88 valence electrons. The molecule has 0 spiro atoms. The van der Waals surface area contributed by atoms with Crippen molar-refractivity contribution in [2.45, 2.75) is 12.5 Å². The van der Waals surface area contributed by atoms with Crippen LogP contribution in [-0.2, 0) is 4.79 Å². The molecule has 0 aliphatic rings. The zero-order valence-corrected chi connectivity index (χ0v) is 9.13. The topological polar surface area (TPSA) is 92.0 Å². The van der Waals surface area contributed by atoms with E-state index < -0.39 is 12.0 Å². The number of carboxylic acid groups (broad SMARTS) is 1. The van der Waals surface area contributed by atoms with Crippen molar-refractivity contribution < 1.29 is 9.90 Å². The van der Waals surface area contributed by atoms with Gasteiger partial charge in [-0.1, -0.05) is 30.3 Å². The summed E-state index contributed by atoms with van der Waals surface area (Å²) in [5, 5.41) is 15.5. The third-order valence-corrected chi connectivity index (χ3v) is 2.53. The van der Waals surface area contributed by atoms with Crippen LogP contribution >= 0.6 is 0 Å². The Morgan fingerprint density at radius 3 is 2.76 bits per heavy atom. The minimum absolute atomic E-state index is 0.112. The van der Waals surface area contributed by atoms with Crippen LogP contribution in [0.25, 0.3) is 11.3 Å². The van der Waals surface area contributed by atoms with Crippen molar-refractivity contribution in [1.82, 2.24) is 10.2 Å². The van der Waals surface area contributed by atoms with Gasteiger partial charge in [-0.2, -0.15) is 5.10 Å². The number of hydrogen-bond donors (Lipinski definition) is 3. The molecule has 0 saturated carbocycles. The van der Waals surface area contributed by atoms with Crippen LogP contribution in [0.15, 0.2) is 36.5 Å². The fourth-order valence-corrected chi connectivity index (χ4v) is 1.71. The number of carboxylic acids is 1. The molecule has 0 amide bonds. The van der Waals surface area contributed by atoms with Gasteiger partial charge in [0.05, 0.1) is 18.3 Å². The molecule has 0 aliphatic carbocycles. The lowest BCUT2D eigenvalue weighted by atomic mass is 10.0. The minimum atomic E-state index is -0.919. The number of nitrogens with one attached hydrogen (secondary N) is 1. The standard InChI is InChI=1S/C12H13N3O2/c13-10(6-11(16)17)9-7-14-15-12(9)8-4-2-1-3-5-8/h1-5,7,10H,6,13H2,(H,14,15)(H,16,17). The average molecular weight is 231 g/mol. The SMILES string of the molecule is NC(CC(=O)O)c1cn[nH]c1-c1ccccc1. The molecule has 4 N–H and O–H groups in total. The molecule has 1 unspecified atom stereocenters. The number of rotatable bonds is 4. The van der Waals surface area contributed by atoms with E-state index in [1.807, 2.05) is 30.3 Å². The van der Waals surface area contributed by atoms with Crippen LogP contribution in [0.5, 0.6) is 0 Å². The van der Waals surface area contributed by atoms with Crippen LogP contribution in [0.4, 0.5) is 0 Å². The monoisotopic (exact) mass is 231 g/mol. The Labute approximate surface area is 98.3 Å². The molecule has 1 aromatic heterocycles. The first-order chi connectivity index (χ1) is 8.18. The normalized spacial score (nSPS) is 12.3. The highest BCUT2D eigenvalue weighted by molar-refractivity contribution is 5.70. The second-order valence-corrected chi connectivity index (χ2v) is 3.77. The molecule has 1 heterocycles. The Morgan fingerprint density at radius 1 is 1.41 bits per heavy atom. The zero-order valence-electron chi connectivity index (χ0n) is 9.13. The van der Waals surface area contributed by atoms with Gasteiger partial charge in [0.2, 0.25) is 0 Å². The summed E-state index contributed by atoms with van der Waals surface area (Å²) in [6.07, 6.45) is 1.47. The number of hydrogen-bond acceptors (Lipinski definition) is 3. The van der Waals surface area contributed by atoms with Crippen molar-refractivity contribution in [2.75, 3.05) is 0 Å². The number of H-pyrrole nitrogens is 1. The number of benzene rings is 1. The third kappa shape index (κ3) is 2.51. The molecule has 5 heteroatoms. The lowest BCUT2D eigenvalue weighted by Crippen LogP contribution is -2.15. The summed E-state index contributed by atoms with van der Waals surface area (Å²) in [7, 11) is 0. The fourth-order valence-electron chi connectivity index (χ4n) is 1.71. The maximum atomic E-state index is 10.6. The largest absolute Gasteiger partial charge is 0.481 e. The molecule has 0 aliphatic heterocycles. The van der Waals surface area contributed by atoms with Gasteiger partial charge in [0.1, 0.15) is 0 Å². The smallest absolute Gasteiger partial charge is 0.305 e. The first-order valence-corrected chi connectivity index (χ1v) is 5.24. The third-order valence-electron chi connectivity index (χ3n) is 2.53. The van der Waals surface area contributed by atoms with Crippen molar-refractivity contribution in [3.8, 4) is 11.3 Å². The predicted octanol–water partition coefficient (Wildman–Crippen LogP) is 1.55. The molecule has 2 aromatic rings. The van der Waals surface area contributed by atoms with Gasteiger partial charge in [-0.15, -0.1) is 0 Å². The predicted molar refractivity (Wildman–Crippen MR) is 63.2 cm³/mol. The van der Waals surface area contributed by atoms with Crippen LogP contribution in [0.3, 0.4) is 0 Å². The van der Waals surface area contributed by atoms with Gasteiger partial charge >= 0.3 is 5.97 Å². The van der Waals surface area contributed by atoms with Crippen molar-refractivity contribution >= 4 is 5.97 Å². The van der Waals surface area contributed by atoms with E-state index in [2.05, 4.69) is 10.2 Å². The summed E-state index contributed by atoms with van der Waals surface area (Å²) in [6, 6.07) is 9.01. The van der Waals surface area contributed by atoms with E-state index in [1.54, 1.807) is 6.20 Å². The molecule has 2 rings (SSSR count). The van der Waals surface area contributed by atoms with E-state index in [9.17, 15) is 4.79 Å². The molecule has 1 atom stereocenters. The Bertz CT molecular complexity index is 507. The Kier molecular flexibility index (Phi) is 3.20. The number of nitrogens with two attached hydrogens (primary N) is 1. The van der Waals surface area contributed by atoms with Gasteiger partial charge in [0.25, 0.3) is 0 Å².